The monoisotopic (exact) mass is 532 g/mol. The number of nitrogens with zero attached hydrogens (tertiary/aromatic N) is 5. The number of benzene rings is 1. The Morgan fingerprint density at radius 2 is 1.84 bits per heavy atom. The van der Waals surface area contributed by atoms with E-state index in [2.05, 4.69) is 15.3 Å². The number of aliphatic hydroxyl groups is 2. The number of hydrogen-bond donors (Lipinski definition) is 3. The van der Waals surface area contributed by atoms with Crippen molar-refractivity contribution < 1.29 is 28.2 Å². The molecular weight excluding hydrogens is 501 g/mol. The minimum absolute atomic E-state index is 0.0277. The van der Waals surface area contributed by atoms with E-state index in [0.29, 0.717) is 37.4 Å². The van der Waals surface area contributed by atoms with E-state index in [0.717, 1.165) is 18.4 Å². The van der Waals surface area contributed by atoms with Crippen LogP contribution in [0.4, 0.5) is 24.8 Å². The van der Waals surface area contributed by atoms with Gasteiger partial charge in [-0.3, -0.25) is 4.79 Å². The normalized spacial score (nSPS) is 20.4. The minimum atomic E-state index is -4.78. The summed E-state index contributed by atoms with van der Waals surface area (Å²) in [5, 5.41) is 31.2. The van der Waals surface area contributed by atoms with Crippen LogP contribution in [0.1, 0.15) is 42.6 Å². The van der Waals surface area contributed by atoms with Crippen molar-refractivity contribution in [2.45, 2.75) is 50.4 Å². The quantitative estimate of drug-likeness (QED) is 0.473. The molecule has 9 nitrogen and oxygen atoms in total. The molecule has 0 aliphatic carbocycles. The molecule has 0 bridgehead atoms. The van der Waals surface area contributed by atoms with Gasteiger partial charge in [-0.05, 0) is 49.3 Å². The highest BCUT2D eigenvalue weighted by atomic mass is 19.4. The first-order valence-corrected chi connectivity index (χ1v) is 12.7. The number of anilines is 2. The number of rotatable bonds is 8. The fourth-order valence-corrected chi connectivity index (χ4v) is 5.00. The summed E-state index contributed by atoms with van der Waals surface area (Å²) >= 11 is 0. The van der Waals surface area contributed by atoms with Gasteiger partial charge < -0.3 is 25.3 Å². The van der Waals surface area contributed by atoms with Crippen molar-refractivity contribution in [3.05, 3.63) is 47.3 Å². The van der Waals surface area contributed by atoms with Gasteiger partial charge in [0, 0.05) is 45.3 Å². The van der Waals surface area contributed by atoms with Crippen molar-refractivity contribution in [1.82, 2.24) is 15.3 Å². The lowest BCUT2D eigenvalue weighted by molar-refractivity contribution is -0.144. The van der Waals surface area contributed by atoms with E-state index in [1.807, 2.05) is 6.07 Å². The molecule has 1 amide bonds. The Balaban J connectivity index is 1.49. The maximum atomic E-state index is 13.7. The van der Waals surface area contributed by atoms with Crippen LogP contribution in [-0.4, -0.2) is 71.0 Å². The molecule has 0 radical (unpaired) electrons. The molecule has 38 heavy (non-hydrogen) atoms. The summed E-state index contributed by atoms with van der Waals surface area (Å²) in [5.74, 6) is -1.31. The number of nitriles is 1. The van der Waals surface area contributed by atoms with Crippen molar-refractivity contribution in [3.63, 3.8) is 0 Å². The van der Waals surface area contributed by atoms with E-state index in [1.165, 1.54) is 11.0 Å². The summed E-state index contributed by atoms with van der Waals surface area (Å²) in [5.41, 5.74) is 1.45. The molecule has 2 aliphatic heterocycles. The molecule has 0 spiro atoms. The number of nitrogens with one attached hydrogen (secondary N) is 1. The van der Waals surface area contributed by atoms with Gasteiger partial charge in [0.2, 0.25) is 11.7 Å². The molecule has 0 saturated carbocycles. The first-order chi connectivity index (χ1) is 18.2. The third kappa shape index (κ3) is 6.71. The number of aliphatic hydroxyl groups excluding tert-OH is 2. The third-order valence-corrected chi connectivity index (χ3v) is 7.10. The summed E-state index contributed by atoms with van der Waals surface area (Å²) in [4.78, 5) is 23.8. The Morgan fingerprint density at radius 3 is 2.47 bits per heavy atom. The third-order valence-electron chi connectivity index (χ3n) is 7.10. The van der Waals surface area contributed by atoms with Crippen LogP contribution in [-0.2, 0) is 17.4 Å². The van der Waals surface area contributed by atoms with Gasteiger partial charge in [-0.25, -0.2) is 9.97 Å². The highest BCUT2D eigenvalue weighted by molar-refractivity contribution is 5.86. The molecular formula is C26H31F3N6O3. The predicted molar refractivity (Wildman–Crippen MR) is 133 cm³/mol. The van der Waals surface area contributed by atoms with Crippen molar-refractivity contribution in [1.29, 1.82) is 5.26 Å². The van der Waals surface area contributed by atoms with E-state index < -0.39 is 30.1 Å². The van der Waals surface area contributed by atoms with Gasteiger partial charge in [0.1, 0.15) is 17.7 Å². The van der Waals surface area contributed by atoms with Crippen LogP contribution in [0.15, 0.2) is 30.3 Å². The van der Waals surface area contributed by atoms with Crippen LogP contribution < -0.4 is 15.1 Å². The standard InChI is InChI=1S/C26H31F3N6O3/c27-26(28,29)25-32-22(34-10-6-18(7-11-34)8-12-36)14-23(33-25)35-16-20(37)13-21(35)24(38)31-9-5-17-1-3-19(15-30)4-2-17/h1-4,14,18,20-21,36-37H,5-13,16H2,(H,31,38)/t20-,21+/m1/s1. The first-order valence-electron chi connectivity index (χ1n) is 12.7. The Bertz CT molecular complexity index is 1150. The second kappa shape index (κ2) is 12.0. The molecule has 2 saturated heterocycles. The lowest BCUT2D eigenvalue weighted by atomic mass is 9.94. The van der Waals surface area contributed by atoms with Crippen LogP contribution in [0.5, 0.6) is 0 Å². The van der Waals surface area contributed by atoms with Gasteiger partial charge in [0.05, 0.1) is 17.7 Å². The maximum Gasteiger partial charge on any atom is 0.451 e. The average Bonchev–Trinajstić information content (AvgIpc) is 3.31. The summed E-state index contributed by atoms with van der Waals surface area (Å²) in [6, 6.07) is 9.58. The maximum absolute atomic E-state index is 13.7. The highest BCUT2D eigenvalue weighted by Crippen LogP contribution is 2.34. The zero-order chi connectivity index (χ0) is 27.3. The zero-order valence-corrected chi connectivity index (χ0v) is 20.9. The number of carbonyl (C=O) groups excluding carboxylic acids is 1. The van der Waals surface area contributed by atoms with E-state index >= 15 is 0 Å². The molecule has 204 valence electrons. The molecule has 2 atom stereocenters. The summed E-state index contributed by atoms with van der Waals surface area (Å²) in [6.45, 7) is 1.34. The Morgan fingerprint density at radius 1 is 1.16 bits per heavy atom. The predicted octanol–water partition coefficient (Wildman–Crippen LogP) is 2.26. The van der Waals surface area contributed by atoms with Crippen molar-refractivity contribution >= 4 is 17.5 Å². The highest BCUT2D eigenvalue weighted by Gasteiger charge is 2.40. The molecule has 12 heteroatoms. The van der Waals surface area contributed by atoms with Crippen LogP contribution in [0.25, 0.3) is 0 Å². The Kier molecular flexibility index (Phi) is 8.69. The zero-order valence-electron chi connectivity index (χ0n) is 20.9. The van der Waals surface area contributed by atoms with Gasteiger partial charge in [0.25, 0.3) is 0 Å². The minimum Gasteiger partial charge on any atom is -0.396 e. The van der Waals surface area contributed by atoms with E-state index in [9.17, 15) is 28.2 Å². The Labute approximate surface area is 218 Å². The molecule has 1 aromatic heterocycles. The molecule has 2 fully saturated rings. The summed E-state index contributed by atoms with van der Waals surface area (Å²) < 4.78 is 41.2. The fraction of sp³-hybridized carbons (Fsp3) is 0.538. The fourth-order valence-electron chi connectivity index (χ4n) is 5.00. The van der Waals surface area contributed by atoms with Crippen molar-refractivity contribution in [2.24, 2.45) is 5.92 Å². The van der Waals surface area contributed by atoms with Gasteiger partial charge >= 0.3 is 6.18 Å². The number of halogens is 3. The van der Waals surface area contributed by atoms with Crippen LogP contribution >= 0.6 is 0 Å². The second-order valence-electron chi connectivity index (χ2n) is 9.76. The van der Waals surface area contributed by atoms with E-state index in [4.69, 9.17) is 5.26 Å². The van der Waals surface area contributed by atoms with Crippen molar-refractivity contribution in [2.75, 3.05) is 42.6 Å². The number of piperidine rings is 1. The van der Waals surface area contributed by atoms with Crippen LogP contribution in [0, 0.1) is 17.2 Å². The number of hydrogen-bond acceptors (Lipinski definition) is 8. The summed E-state index contributed by atoms with van der Waals surface area (Å²) in [6.07, 6.45) is -2.99. The van der Waals surface area contributed by atoms with E-state index in [1.54, 1.807) is 29.2 Å². The van der Waals surface area contributed by atoms with Gasteiger partial charge in [-0.2, -0.15) is 18.4 Å². The second-order valence-corrected chi connectivity index (χ2v) is 9.76. The Hall–Kier alpha value is -3.43. The SMILES string of the molecule is N#Cc1ccc(CCNC(=O)[C@@H]2C[C@@H](O)CN2c2cc(N3CCC(CCO)CC3)nc(C(F)(F)F)n2)cc1. The molecule has 3 N–H and O–H groups in total. The molecule has 4 rings (SSSR count). The van der Waals surface area contributed by atoms with Crippen LogP contribution in [0.2, 0.25) is 0 Å². The topological polar surface area (TPSA) is 126 Å². The lowest BCUT2D eigenvalue weighted by Gasteiger charge is -2.33. The number of β-amino-alcohol motifs (C(OH)–C–C–N with tert-alkyl or cyclic N) is 1. The average molecular weight is 533 g/mol. The number of aromatic nitrogens is 2. The van der Waals surface area contributed by atoms with Crippen LogP contribution in [0.3, 0.4) is 0 Å². The van der Waals surface area contributed by atoms with Gasteiger partial charge in [0.15, 0.2) is 0 Å². The number of amides is 1. The van der Waals surface area contributed by atoms with E-state index in [-0.39, 0.29) is 37.8 Å². The molecule has 1 aromatic carbocycles. The van der Waals surface area contributed by atoms with Gasteiger partial charge in [-0.1, -0.05) is 12.1 Å². The first kappa shape index (κ1) is 27.6. The molecule has 2 aliphatic rings. The van der Waals surface area contributed by atoms with Gasteiger partial charge in [-0.15, -0.1) is 0 Å². The molecule has 2 aromatic rings. The lowest BCUT2D eigenvalue weighted by Crippen LogP contribution is -2.44. The smallest absolute Gasteiger partial charge is 0.396 e. The largest absolute Gasteiger partial charge is 0.451 e. The number of alkyl halides is 3. The summed E-state index contributed by atoms with van der Waals surface area (Å²) in [7, 11) is 0. The number of carbonyl (C=O) groups is 1. The van der Waals surface area contributed by atoms with Crippen molar-refractivity contribution in [3.8, 4) is 6.07 Å². The molecule has 0 unspecified atom stereocenters. The molecule has 3 heterocycles.